The standard InChI is InChI=1S/C22H22N4O6S/c1-13-3-5-16(7-15(13)8-23)24-22(28)20-21-19(9-26(20)2)33(29,30)25-17(12-32-21)18(27)6-4-14-10-31-11-14/h3,5,7,9,14,17-18,25,27H,10-12H2,1-2H3,(H,24,28)/t17-,18+/m1/s1. The van der Waals surface area contributed by atoms with Crippen LogP contribution in [0.25, 0.3) is 0 Å². The third kappa shape index (κ3) is 4.58. The number of aliphatic hydroxyl groups excluding tert-OH is 1. The van der Waals surface area contributed by atoms with Crippen LogP contribution in [0.4, 0.5) is 5.69 Å². The number of amides is 1. The molecule has 2 atom stereocenters. The van der Waals surface area contributed by atoms with Crippen LogP contribution in [0.15, 0.2) is 29.3 Å². The van der Waals surface area contributed by atoms with Gasteiger partial charge < -0.3 is 24.5 Å². The monoisotopic (exact) mass is 470 g/mol. The van der Waals surface area contributed by atoms with Crippen LogP contribution >= 0.6 is 0 Å². The molecule has 4 rings (SSSR count). The number of carbonyl (C=O) groups excluding carboxylic acids is 1. The number of hydrogen-bond acceptors (Lipinski definition) is 7. The van der Waals surface area contributed by atoms with Crippen LogP contribution in [0.5, 0.6) is 5.75 Å². The zero-order chi connectivity index (χ0) is 23.8. The number of benzene rings is 1. The van der Waals surface area contributed by atoms with Gasteiger partial charge in [-0.15, -0.1) is 0 Å². The number of aryl methyl sites for hydroxylation is 2. The number of nitrogens with one attached hydrogen (secondary N) is 2. The van der Waals surface area contributed by atoms with Crippen LogP contribution in [0.1, 0.15) is 21.6 Å². The average molecular weight is 471 g/mol. The molecule has 11 heteroatoms. The second-order valence-corrected chi connectivity index (χ2v) is 9.57. The first-order valence-corrected chi connectivity index (χ1v) is 11.6. The minimum Gasteiger partial charge on any atom is -0.488 e. The second-order valence-electron chi connectivity index (χ2n) is 7.88. The van der Waals surface area contributed by atoms with Crippen molar-refractivity contribution >= 4 is 21.6 Å². The summed E-state index contributed by atoms with van der Waals surface area (Å²) in [5.74, 6) is 4.78. The Labute approximate surface area is 191 Å². The number of fused-ring (bicyclic) bond motifs is 1. The first-order chi connectivity index (χ1) is 15.7. The topological polar surface area (TPSA) is 143 Å². The van der Waals surface area contributed by atoms with Crippen molar-refractivity contribution in [1.29, 1.82) is 5.26 Å². The van der Waals surface area contributed by atoms with Crippen LogP contribution < -0.4 is 14.8 Å². The summed E-state index contributed by atoms with van der Waals surface area (Å²) in [5, 5.41) is 22.3. The number of hydrogen-bond donors (Lipinski definition) is 3. The van der Waals surface area contributed by atoms with Gasteiger partial charge in [0.15, 0.2) is 11.4 Å². The number of carbonyl (C=O) groups is 1. The summed E-state index contributed by atoms with van der Waals surface area (Å²) in [7, 11) is -2.57. The Hall–Kier alpha value is -3.35. The van der Waals surface area contributed by atoms with Gasteiger partial charge in [0.2, 0.25) is 10.0 Å². The van der Waals surface area contributed by atoms with E-state index >= 15 is 0 Å². The SMILES string of the molecule is Cc1ccc(NC(=O)c2c3c(cn2C)S(=O)(=O)N[C@@H]([C@@H](O)C#CC2COC2)CO3)cc1C#N. The third-order valence-corrected chi connectivity index (χ3v) is 6.87. The lowest BCUT2D eigenvalue weighted by Gasteiger charge is -2.21. The predicted octanol–water partition coefficient (Wildman–Crippen LogP) is 0.508. The minimum atomic E-state index is -4.10. The Morgan fingerprint density at radius 1 is 1.36 bits per heavy atom. The fourth-order valence-corrected chi connectivity index (χ4v) is 4.85. The highest BCUT2D eigenvalue weighted by molar-refractivity contribution is 7.89. The van der Waals surface area contributed by atoms with Gasteiger partial charge in [-0.05, 0) is 24.6 Å². The number of rotatable bonds is 3. The van der Waals surface area contributed by atoms with Crippen LogP contribution in [0.2, 0.25) is 0 Å². The molecule has 0 saturated carbocycles. The zero-order valence-electron chi connectivity index (χ0n) is 18.0. The van der Waals surface area contributed by atoms with Gasteiger partial charge in [-0.1, -0.05) is 17.9 Å². The van der Waals surface area contributed by atoms with Crippen LogP contribution in [0, 0.1) is 36.0 Å². The third-order valence-electron chi connectivity index (χ3n) is 5.39. The van der Waals surface area contributed by atoms with E-state index in [0.717, 1.165) is 5.56 Å². The summed E-state index contributed by atoms with van der Waals surface area (Å²) in [4.78, 5) is 12.8. The van der Waals surface area contributed by atoms with Gasteiger partial charge in [0.05, 0.1) is 36.8 Å². The predicted molar refractivity (Wildman–Crippen MR) is 117 cm³/mol. The molecular weight excluding hydrogens is 448 g/mol. The highest BCUT2D eigenvalue weighted by atomic mass is 32.2. The quantitative estimate of drug-likeness (QED) is 0.555. The van der Waals surface area contributed by atoms with E-state index in [2.05, 4.69) is 27.9 Å². The molecular formula is C22H22N4O6S. The maximum Gasteiger partial charge on any atom is 0.276 e. The molecule has 0 radical (unpaired) electrons. The number of ether oxygens (including phenoxy) is 2. The van der Waals surface area contributed by atoms with Gasteiger partial charge in [-0.2, -0.15) is 5.26 Å². The smallest absolute Gasteiger partial charge is 0.276 e. The van der Waals surface area contributed by atoms with Gasteiger partial charge >= 0.3 is 0 Å². The largest absolute Gasteiger partial charge is 0.488 e. The van der Waals surface area contributed by atoms with Gasteiger partial charge in [0.1, 0.15) is 17.6 Å². The van der Waals surface area contributed by atoms with Crippen molar-refractivity contribution in [3.63, 3.8) is 0 Å². The van der Waals surface area contributed by atoms with Crippen molar-refractivity contribution in [2.24, 2.45) is 13.0 Å². The van der Waals surface area contributed by atoms with E-state index in [1.54, 1.807) is 19.1 Å². The van der Waals surface area contributed by atoms with E-state index in [1.807, 2.05) is 0 Å². The van der Waals surface area contributed by atoms with Crippen molar-refractivity contribution in [3.05, 3.63) is 41.2 Å². The van der Waals surface area contributed by atoms with E-state index in [0.29, 0.717) is 24.5 Å². The molecule has 2 aromatic rings. The Bertz CT molecular complexity index is 1310. The highest BCUT2D eigenvalue weighted by Crippen LogP contribution is 2.33. The lowest BCUT2D eigenvalue weighted by atomic mass is 10.1. The number of nitriles is 1. The molecule has 1 saturated heterocycles. The van der Waals surface area contributed by atoms with Crippen molar-refractivity contribution in [3.8, 4) is 23.7 Å². The maximum absolute atomic E-state index is 13.0. The Morgan fingerprint density at radius 3 is 2.79 bits per heavy atom. The number of anilines is 1. The summed E-state index contributed by atoms with van der Waals surface area (Å²) in [5.41, 5.74) is 1.55. The molecule has 10 nitrogen and oxygen atoms in total. The summed E-state index contributed by atoms with van der Waals surface area (Å²) in [6.07, 6.45) is -0.0263. The number of aliphatic hydroxyl groups is 1. The van der Waals surface area contributed by atoms with Gasteiger partial charge in [-0.25, -0.2) is 13.1 Å². The van der Waals surface area contributed by atoms with Gasteiger partial charge in [0.25, 0.3) is 5.91 Å². The molecule has 2 aliphatic rings. The number of sulfonamides is 1. The summed E-state index contributed by atoms with van der Waals surface area (Å²) < 4.78 is 40.4. The molecule has 33 heavy (non-hydrogen) atoms. The minimum absolute atomic E-state index is 0.0118. The zero-order valence-corrected chi connectivity index (χ0v) is 18.8. The lowest BCUT2D eigenvalue weighted by Crippen LogP contribution is -2.45. The van der Waals surface area contributed by atoms with E-state index < -0.39 is 28.1 Å². The van der Waals surface area contributed by atoms with Crippen molar-refractivity contribution in [1.82, 2.24) is 9.29 Å². The fourth-order valence-electron chi connectivity index (χ4n) is 3.43. The summed E-state index contributed by atoms with van der Waals surface area (Å²) in [6, 6.07) is 5.91. The average Bonchev–Trinajstić information content (AvgIpc) is 3.01. The highest BCUT2D eigenvalue weighted by Gasteiger charge is 2.36. The van der Waals surface area contributed by atoms with Crippen LogP contribution in [0.3, 0.4) is 0 Å². The molecule has 3 N–H and O–H groups in total. The Morgan fingerprint density at radius 2 is 2.12 bits per heavy atom. The van der Waals surface area contributed by atoms with E-state index in [4.69, 9.17) is 9.47 Å². The second kappa shape index (κ2) is 8.89. The number of aromatic nitrogens is 1. The Kier molecular flexibility index (Phi) is 6.15. The maximum atomic E-state index is 13.0. The molecule has 172 valence electrons. The Balaban J connectivity index is 1.59. The van der Waals surface area contributed by atoms with E-state index in [1.165, 1.54) is 23.9 Å². The molecule has 0 aliphatic carbocycles. The molecule has 2 aliphatic heterocycles. The normalized spacial score (nSPS) is 20.0. The first-order valence-electron chi connectivity index (χ1n) is 10.1. The molecule has 1 fully saturated rings. The van der Waals surface area contributed by atoms with E-state index in [-0.39, 0.29) is 28.9 Å². The first kappa shape index (κ1) is 22.8. The molecule has 0 unspecified atom stereocenters. The fraction of sp³-hybridized carbons (Fsp3) is 0.364. The van der Waals surface area contributed by atoms with Crippen LogP contribution in [-0.2, 0) is 21.8 Å². The number of nitrogens with zero attached hydrogens (tertiary/aromatic N) is 2. The summed E-state index contributed by atoms with van der Waals surface area (Å²) in [6.45, 7) is 2.51. The van der Waals surface area contributed by atoms with Gasteiger partial charge in [0, 0.05) is 18.9 Å². The van der Waals surface area contributed by atoms with Crippen LogP contribution in [-0.4, -0.2) is 56.0 Å². The van der Waals surface area contributed by atoms with Crippen molar-refractivity contribution < 1.29 is 27.8 Å². The summed E-state index contributed by atoms with van der Waals surface area (Å²) >= 11 is 0. The molecule has 1 amide bonds. The van der Waals surface area contributed by atoms with E-state index in [9.17, 15) is 23.6 Å². The molecule has 3 heterocycles. The van der Waals surface area contributed by atoms with Gasteiger partial charge in [-0.3, -0.25) is 4.79 Å². The molecule has 1 aromatic carbocycles. The molecule has 1 aromatic heterocycles. The van der Waals surface area contributed by atoms with Crippen molar-refractivity contribution in [2.45, 2.75) is 24.0 Å². The molecule has 0 spiro atoms. The molecule has 0 bridgehead atoms. The van der Waals surface area contributed by atoms with Crippen molar-refractivity contribution in [2.75, 3.05) is 25.1 Å². The lowest BCUT2D eigenvalue weighted by molar-refractivity contribution is -0.00323.